The van der Waals surface area contributed by atoms with E-state index in [-0.39, 0.29) is 31.1 Å². The molecule has 0 aromatic rings. The SMILES string of the molecule is CCCCCCCCC/C=C\CCCCCC(=O)OC(COC(=O)CCCCCCCCCCC)COC(=O)CCCCCCCCCCCCCCCCCCC. The van der Waals surface area contributed by atoms with Gasteiger partial charge in [-0.1, -0.05) is 232 Å². The van der Waals surface area contributed by atoms with Crippen LogP contribution in [0.1, 0.15) is 284 Å². The average molecular weight is 819 g/mol. The van der Waals surface area contributed by atoms with E-state index in [4.69, 9.17) is 14.2 Å². The van der Waals surface area contributed by atoms with Crippen LogP contribution >= 0.6 is 0 Å². The number of esters is 3. The molecule has 0 aliphatic carbocycles. The molecule has 0 saturated carbocycles. The van der Waals surface area contributed by atoms with Gasteiger partial charge in [0.1, 0.15) is 13.2 Å². The van der Waals surface area contributed by atoms with Gasteiger partial charge in [-0.05, 0) is 44.9 Å². The van der Waals surface area contributed by atoms with Gasteiger partial charge >= 0.3 is 17.9 Å². The molecule has 0 saturated heterocycles. The fourth-order valence-corrected chi connectivity index (χ4v) is 7.61. The first-order valence-corrected chi connectivity index (χ1v) is 25.7. The third kappa shape index (κ3) is 45.2. The molecular formula is C52H98O6. The van der Waals surface area contributed by atoms with Crippen LogP contribution in [0.5, 0.6) is 0 Å². The van der Waals surface area contributed by atoms with Crippen molar-refractivity contribution >= 4 is 17.9 Å². The van der Waals surface area contributed by atoms with Gasteiger partial charge in [-0.25, -0.2) is 0 Å². The highest BCUT2D eigenvalue weighted by atomic mass is 16.6. The third-order valence-electron chi connectivity index (χ3n) is 11.5. The first-order chi connectivity index (χ1) is 28.5. The molecule has 58 heavy (non-hydrogen) atoms. The fourth-order valence-electron chi connectivity index (χ4n) is 7.61. The number of rotatable bonds is 47. The lowest BCUT2D eigenvalue weighted by Gasteiger charge is -2.18. The van der Waals surface area contributed by atoms with E-state index in [0.717, 1.165) is 70.6 Å². The first kappa shape index (κ1) is 56.1. The molecule has 0 fully saturated rings. The lowest BCUT2D eigenvalue weighted by molar-refractivity contribution is -0.167. The van der Waals surface area contributed by atoms with Crippen molar-refractivity contribution in [1.29, 1.82) is 0 Å². The number of carbonyl (C=O) groups excluding carboxylic acids is 3. The van der Waals surface area contributed by atoms with Gasteiger partial charge in [0, 0.05) is 19.3 Å². The highest BCUT2D eigenvalue weighted by molar-refractivity contribution is 5.71. The molecule has 0 rings (SSSR count). The van der Waals surface area contributed by atoms with Crippen LogP contribution in [-0.2, 0) is 28.6 Å². The fraction of sp³-hybridized carbons (Fsp3) is 0.904. The van der Waals surface area contributed by atoms with Gasteiger partial charge < -0.3 is 14.2 Å². The molecule has 6 heteroatoms. The van der Waals surface area contributed by atoms with E-state index in [1.54, 1.807) is 0 Å². The number of allylic oxidation sites excluding steroid dienone is 2. The molecule has 0 bridgehead atoms. The number of hydrogen-bond donors (Lipinski definition) is 0. The summed E-state index contributed by atoms with van der Waals surface area (Å²) in [5.41, 5.74) is 0. The molecule has 0 spiro atoms. The summed E-state index contributed by atoms with van der Waals surface area (Å²) >= 11 is 0. The Kier molecular flexibility index (Phi) is 46.3. The molecule has 1 atom stereocenters. The standard InChI is InChI=1S/C52H98O6/c1-4-7-10-13-16-19-21-23-25-26-27-29-30-33-36-39-42-45-51(54)57-48-49(47-56-50(53)44-41-38-35-32-18-15-12-9-6-3)58-52(55)46-43-40-37-34-31-28-24-22-20-17-14-11-8-5-2/h28,31,49H,4-27,29-30,32-48H2,1-3H3/b31-28-. The Balaban J connectivity index is 4.28. The van der Waals surface area contributed by atoms with E-state index in [0.29, 0.717) is 19.3 Å². The second-order valence-electron chi connectivity index (χ2n) is 17.4. The summed E-state index contributed by atoms with van der Waals surface area (Å²) in [6, 6.07) is 0. The lowest BCUT2D eigenvalue weighted by Crippen LogP contribution is -2.30. The van der Waals surface area contributed by atoms with Crippen molar-refractivity contribution < 1.29 is 28.6 Å². The van der Waals surface area contributed by atoms with E-state index in [1.165, 1.54) is 173 Å². The van der Waals surface area contributed by atoms with Crippen LogP contribution in [0.2, 0.25) is 0 Å². The van der Waals surface area contributed by atoms with Gasteiger partial charge in [0.25, 0.3) is 0 Å². The van der Waals surface area contributed by atoms with Crippen LogP contribution in [0.4, 0.5) is 0 Å². The lowest BCUT2D eigenvalue weighted by atomic mass is 10.0. The van der Waals surface area contributed by atoms with E-state index < -0.39 is 6.10 Å². The summed E-state index contributed by atoms with van der Waals surface area (Å²) < 4.78 is 16.8. The molecule has 0 N–H and O–H groups in total. The van der Waals surface area contributed by atoms with E-state index in [1.807, 2.05) is 0 Å². The molecule has 0 aliphatic heterocycles. The van der Waals surface area contributed by atoms with Gasteiger partial charge in [-0.2, -0.15) is 0 Å². The largest absolute Gasteiger partial charge is 0.462 e. The molecule has 342 valence electrons. The van der Waals surface area contributed by atoms with Crippen molar-refractivity contribution in [2.24, 2.45) is 0 Å². The van der Waals surface area contributed by atoms with Gasteiger partial charge in [-0.15, -0.1) is 0 Å². The Bertz CT molecular complexity index is 900. The van der Waals surface area contributed by atoms with Crippen LogP contribution in [0.25, 0.3) is 0 Å². The van der Waals surface area contributed by atoms with Gasteiger partial charge in [0.05, 0.1) is 0 Å². The third-order valence-corrected chi connectivity index (χ3v) is 11.5. The monoisotopic (exact) mass is 819 g/mol. The zero-order chi connectivity index (χ0) is 42.3. The van der Waals surface area contributed by atoms with Crippen LogP contribution in [0, 0.1) is 0 Å². The van der Waals surface area contributed by atoms with Crippen LogP contribution in [0.3, 0.4) is 0 Å². The number of hydrogen-bond acceptors (Lipinski definition) is 6. The summed E-state index contributed by atoms with van der Waals surface area (Å²) in [5.74, 6) is -0.874. The second-order valence-corrected chi connectivity index (χ2v) is 17.4. The molecule has 6 nitrogen and oxygen atoms in total. The Morgan fingerprint density at radius 2 is 0.569 bits per heavy atom. The van der Waals surface area contributed by atoms with Crippen molar-refractivity contribution in [3.63, 3.8) is 0 Å². The topological polar surface area (TPSA) is 78.9 Å². The Hall–Kier alpha value is -1.85. The van der Waals surface area contributed by atoms with Crippen LogP contribution in [-0.4, -0.2) is 37.2 Å². The Labute approximate surface area is 360 Å². The normalized spacial score (nSPS) is 12.0. The maximum atomic E-state index is 12.7. The molecule has 0 aromatic carbocycles. The van der Waals surface area contributed by atoms with Gasteiger partial charge in [0.2, 0.25) is 0 Å². The highest BCUT2D eigenvalue weighted by Gasteiger charge is 2.19. The maximum Gasteiger partial charge on any atom is 0.306 e. The summed E-state index contributed by atoms with van der Waals surface area (Å²) in [7, 11) is 0. The zero-order valence-corrected chi connectivity index (χ0v) is 39.1. The molecule has 1 unspecified atom stereocenters. The van der Waals surface area contributed by atoms with E-state index in [9.17, 15) is 14.4 Å². The Morgan fingerprint density at radius 3 is 0.879 bits per heavy atom. The molecular weight excluding hydrogens is 721 g/mol. The van der Waals surface area contributed by atoms with Crippen LogP contribution in [0.15, 0.2) is 12.2 Å². The number of unbranched alkanes of at least 4 members (excludes halogenated alkanes) is 34. The summed E-state index contributed by atoms with van der Waals surface area (Å²) in [6.07, 6.45) is 52.0. The molecule has 0 radical (unpaired) electrons. The molecule has 0 heterocycles. The Morgan fingerprint density at radius 1 is 0.328 bits per heavy atom. The minimum absolute atomic E-state index is 0.0711. The molecule has 0 aliphatic rings. The summed E-state index contributed by atoms with van der Waals surface area (Å²) in [4.78, 5) is 37.8. The minimum Gasteiger partial charge on any atom is -0.462 e. The van der Waals surface area contributed by atoms with Gasteiger partial charge in [-0.3, -0.25) is 14.4 Å². The molecule has 0 aromatic heterocycles. The number of carbonyl (C=O) groups is 3. The maximum absolute atomic E-state index is 12.7. The summed E-state index contributed by atoms with van der Waals surface area (Å²) in [6.45, 7) is 6.63. The van der Waals surface area contributed by atoms with E-state index >= 15 is 0 Å². The summed E-state index contributed by atoms with van der Waals surface area (Å²) in [5, 5.41) is 0. The van der Waals surface area contributed by atoms with Crippen molar-refractivity contribution in [3.8, 4) is 0 Å². The second kappa shape index (κ2) is 47.8. The number of ether oxygens (including phenoxy) is 3. The highest BCUT2D eigenvalue weighted by Crippen LogP contribution is 2.16. The molecule has 0 amide bonds. The predicted octanol–water partition coefficient (Wildman–Crippen LogP) is 16.6. The smallest absolute Gasteiger partial charge is 0.306 e. The minimum atomic E-state index is -0.770. The van der Waals surface area contributed by atoms with Crippen molar-refractivity contribution in [1.82, 2.24) is 0 Å². The predicted molar refractivity (Wildman–Crippen MR) is 247 cm³/mol. The quantitative estimate of drug-likeness (QED) is 0.0263. The first-order valence-electron chi connectivity index (χ1n) is 25.7. The van der Waals surface area contributed by atoms with Crippen molar-refractivity contribution in [3.05, 3.63) is 12.2 Å². The zero-order valence-electron chi connectivity index (χ0n) is 39.1. The van der Waals surface area contributed by atoms with E-state index in [2.05, 4.69) is 32.9 Å². The van der Waals surface area contributed by atoms with Gasteiger partial charge in [0.15, 0.2) is 6.10 Å². The van der Waals surface area contributed by atoms with Crippen molar-refractivity contribution in [2.75, 3.05) is 13.2 Å². The van der Waals surface area contributed by atoms with Crippen molar-refractivity contribution in [2.45, 2.75) is 290 Å². The van der Waals surface area contributed by atoms with Crippen LogP contribution < -0.4 is 0 Å². The average Bonchev–Trinajstić information content (AvgIpc) is 3.22.